The van der Waals surface area contributed by atoms with E-state index in [4.69, 9.17) is 15.0 Å². The standard InChI is InChI=1S/C15H15N5O2/c1-21-13-6-5-10(9-18-13)14-19-15(22-20-14)12(16)8-11-4-2-3-7-17-11/h2-7,9,12H,8,16H2,1H3/t12-/m1/s1. The SMILES string of the molecule is COc1ccc(-c2noc([C@H](N)Cc3ccccn3)n2)cn1. The van der Waals surface area contributed by atoms with Gasteiger partial charge < -0.3 is 15.0 Å². The topological polar surface area (TPSA) is 100.0 Å². The maximum atomic E-state index is 6.09. The fourth-order valence-electron chi connectivity index (χ4n) is 1.97. The number of methoxy groups -OCH3 is 1. The number of nitrogens with zero attached hydrogens (tertiary/aromatic N) is 4. The summed E-state index contributed by atoms with van der Waals surface area (Å²) in [4.78, 5) is 12.7. The Morgan fingerprint density at radius 1 is 1.23 bits per heavy atom. The first-order valence-corrected chi connectivity index (χ1v) is 6.76. The molecule has 0 spiro atoms. The van der Waals surface area contributed by atoms with E-state index >= 15 is 0 Å². The molecule has 0 amide bonds. The van der Waals surface area contributed by atoms with E-state index in [1.165, 1.54) is 0 Å². The summed E-state index contributed by atoms with van der Waals surface area (Å²) < 4.78 is 10.2. The minimum atomic E-state index is -0.401. The predicted molar refractivity (Wildman–Crippen MR) is 79.0 cm³/mol. The molecule has 0 fully saturated rings. The average molecular weight is 297 g/mol. The number of pyridine rings is 2. The third kappa shape index (κ3) is 3.09. The predicted octanol–water partition coefficient (Wildman–Crippen LogP) is 1.78. The molecule has 2 N–H and O–H groups in total. The largest absolute Gasteiger partial charge is 0.481 e. The van der Waals surface area contributed by atoms with Crippen LogP contribution in [0.15, 0.2) is 47.2 Å². The molecule has 3 aromatic heterocycles. The van der Waals surface area contributed by atoms with Gasteiger partial charge in [-0.15, -0.1) is 0 Å². The van der Waals surface area contributed by atoms with Crippen LogP contribution < -0.4 is 10.5 Å². The van der Waals surface area contributed by atoms with E-state index in [1.807, 2.05) is 24.3 Å². The van der Waals surface area contributed by atoms with Crippen molar-refractivity contribution in [1.29, 1.82) is 0 Å². The third-order valence-electron chi connectivity index (χ3n) is 3.12. The zero-order valence-electron chi connectivity index (χ0n) is 12.0. The second-order valence-corrected chi connectivity index (χ2v) is 4.68. The Hall–Kier alpha value is -2.80. The molecule has 0 aromatic carbocycles. The van der Waals surface area contributed by atoms with Crippen molar-refractivity contribution in [3.63, 3.8) is 0 Å². The quantitative estimate of drug-likeness (QED) is 0.766. The molecule has 0 aliphatic carbocycles. The highest BCUT2D eigenvalue weighted by molar-refractivity contribution is 5.53. The molecule has 0 radical (unpaired) electrons. The van der Waals surface area contributed by atoms with Gasteiger partial charge in [-0.1, -0.05) is 11.2 Å². The summed E-state index contributed by atoms with van der Waals surface area (Å²) in [6.07, 6.45) is 3.88. The highest BCUT2D eigenvalue weighted by Gasteiger charge is 2.17. The molecule has 22 heavy (non-hydrogen) atoms. The Labute approximate surface area is 127 Å². The van der Waals surface area contributed by atoms with Gasteiger partial charge in [0.1, 0.15) is 0 Å². The molecule has 112 valence electrons. The highest BCUT2D eigenvalue weighted by atomic mass is 16.5. The van der Waals surface area contributed by atoms with E-state index in [0.717, 1.165) is 11.3 Å². The van der Waals surface area contributed by atoms with Crippen LogP contribution in [0.3, 0.4) is 0 Å². The fraction of sp³-hybridized carbons (Fsp3) is 0.200. The van der Waals surface area contributed by atoms with Gasteiger partial charge in [-0.2, -0.15) is 4.98 Å². The molecule has 7 nitrogen and oxygen atoms in total. The van der Waals surface area contributed by atoms with Crippen LogP contribution in [-0.4, -0.2) is 27.2 Å². The van der Waals surface area contributed by atoms with Gasteiger partial charge >= 0.3 is 0 Å². The third-order valence-corrected chi connectivity index (χ3v) is 3.12. The van der Waals surface area contributed by atoms with E-state index < -0.39 is 6.04 Å². The number of aromatic nitrogens is 4. The lowest BCUT2D eigenvalue weighted by molar-refractivity contribution is 0.353. The lowest BCUT2D eigenvalue weighted by atomic mass is 10.1. The van der Waals surface area contributed by atoms with Crippen LogP contribution in [0.4, 0.5) is 0 Å². The average Bonchev–Trinajstić information content (AvgIpc) is 3.06. The van der Waals surface area contributed by atoms with Gasteiger partial charge in [0.2, 0.25) is 17.6 Å². The molecule has 7 heteroatoms. The van der Waals surface area contributed by atoms with Crippen molar-refractivity contribution in [3.05, 3.63) is 54.3 Å². The van der Waals surface area contributed by atoms with Gasteiger partial charge in [-0.3, -0.25) is 4.98 Å². The molecule has 3 rings (SSSR count). The van der Waals surface area contributed by atoms with Crippen LogP contribution in [-0.2, 0) is 6.42 Å². The maximum Gasteiger partial charge on any atom is 0.244 e. The van der Waals surface area contributed by atoms with E-state index in [0.29, 0.717) is 24.0 Å². The van der Waals surface area contributed by atoms with E-state index in [2.05, 4.69) is 20.1 Å². The van der Waals surface area contributed by atoms with Crippen molar-refractivity contribution >= 4 is 0 Å². The minimum Gasteiger partial charge on any atom is -0.481 e. The number of ether oxygens (including phenoxy) is 1. The summed E-state index contributed by atoms with van der Waals surface area (Å²) in [5.41, 5.74) is 7.70. The molecule has 3 aromatic rings. The molecule has 0 saturated carbocycles. The van der Waals surface area contributed by atoms with Gasteiger partial charge in [-0.05, 0) is 18.2 Å². The Morgan fingerprint density at radius 2 is 2.14 bits per heavy atom. The lowest BCUT2D eigenvalue weighted by Gasteiger charge is -2.05. The fourth-order valence-corrected chi connectivity index (χ4v) is 1.97. The van der Waals surface area contributed by atoms with Crippen LogP contribution in [0.1, 0.15) is 17.6 Å². The van der Waals surface area contributed by atoms with E-state index in [9.17, 15) is 0 Å². The Morgan fingerprint density at radius 3 is 2.82 bits per heavy atom. The normalized spacial score (nSPS) is 12.1. The minimum absolute atomic E-state index is 0.372. The van der Waals surface area contributed by atoms with Gasteiger partial charge in [0, 0.05) is 36.1 Å². The number of nitrogens with two attached hydrogens (primary N) is 1. The van der Waals surface area contributed by atoms with E-state index in [1.54, 1.807) is 25.6 Å². The molecular formula is C15H15N5O2. The smallest absolute Gasteiger partial charge is 0.244 e. The van der Waals surface area contributed by atoms with Crippen molar-refractivity contribution in [1.82, 2.24) is 20.1 Å². The molecule has 0 aliphatic heterocycles. The zero-order chi connectivity index (χ0) is 15.4. The van der Waals surface area contributed by atoms with Gasteiger partial charge in [0.25, 0.3) is 0 Å². The Kier molecular flexibility index (Phi) is 4.06. The van der Waals surface area contributed by atoms with Gasteiger partial charge in [0.15, 0.2) is 0 Å². The second kappa shape index (κ2) is 6.31. The molecule has 1 atom stereocenters. The molecule has 0 bridgehead atoms. The van der Waals surface area contributed by atoms with Crippen LogP contribution in [0, 0.1) is 0 Å². The summed E-state index contributed by atoms with van der Waals surface area (Å²) in [5, 5.41) is 3.94. The summed E-state index contributed by atoms with van der Waals surface area (Å²) in [6, 6.07) is 8.82. The molecular weight excluding hydrogens is 282 g/mol. The van der Waals surface area contributed by atoms with E-state index in [-0.39, 0.29) is 0 Å². The molecule has 0 aliphatic rings. The summed E-state index contributed by atoms with van der Waals surface area (Å²) in [6.45, 7) is 0. The lowest BCUT2D eigenvalue weighted by Crippen LogP contribution is -2.14. The van der Waals surface area contributed by atoms with Crippen molar-refractivity contribution in [3.8, 4) is 17.3 Å². The second-order valence-electron chi connectivity index (χ2n) is 4.68. The molecule has 3 heterocycles. The number of rotatable bonds is 5. The van der Waals surface area contributed by atoms with Crippen LogP contribution >= 0.6 is 0 Å². The van der Waals surface area contributed by atoms with Crippen LogP contribution in [0.5, 0.6) is 5.88 Å². The maximum absolute atomic E-state index is 6.09. The van der Waals surface area contributed by atoms with Crippen LogP contribution in [0.2, 0.25) is 0 Å². The van der Waals surface area contributed by atoms with Crippen molar-refractivity contribution in [2.75, 3.05) is 7.11 Å². The summed E-state index contributed by atoms with van der Waals surface area (Å²) in [7, 11) is 1.56. The Balaban J connectivity index is 1.75. The summed E-state index contributed by atoms with van der Waals surface area (Å²) >= 11 is 0. The molecule has 0 saturated heterocycles. The van der Waals surface area contributed by atoms with Crippen molar-refractivity contribution < 1.29 is 9.26 Å². The first-order valence-electron chi connectivity index (χ1n) is 6.76. The van der Waals surface area contributed by atoms with Gasteiger partial charge in [-0.25, -0.2) is 4.98 Å². The summed E-state index contributed by atoms with van der Waals surface area (Å²) in [5.74, 6) is 1.34. The monoisotopic (exact) mass is 297 g/mol. The van der Waals surface area contributed by atoms with Crippen molar-refractivity contribution in [2.24, 2.45) is 5.73 Å². The Bertz CT molecular complexity index is 727. The zero-order valence-corrected chi connectivity index (χ0v) is 12.0. The number of hydrogen-bond acceptors (Lipinski definition) is 7. The highest BCUT2D eigenvalue weighted by Crippen LogP contribution is 2.20. The first kappa shape index (κ1) is 14.2. The molecule has 0 unspecified atom stereocenters. The first-order chi connectivity index (χ1) is 10.8. The van der Waals surface area contributed by atoms with Crippen molar-refractivity contribution in [2.45, 2.75) is 12.5 Å². The number of hydrogen-bond donors (Lipinski definition) is 1. The van der Waals surface area contributed by atoms with Gasteiger partial charge in [0.05, 0.1) is 13.2 Å². The van der Waals surface area contributed by atoms with Crippen LogP contribution in [0.25, 0.3) is 11.4 Å².